The van der Waals surface area contributed by atoms with E-state index in [0.717, 1.165) is 5.56 Å². The van der Waals surface area contributed by atoms with Gasteiger partial charge in [-0.3, -0.25) is 4.79 Å². The standard InChI is InChI=1S/C16H22N2O3/c1-5-14(19)17-11-13(12-9-7-6-8-10-12)18-15(20)21-16(2,3)4/h5-10,13H,1,11H2,2-4H3,(H,17,19)(H,18,20)/t13-/m1/s1. The van der Waals surface area contributed by atoms with E-state index in [1.54, 1.807) is 20.8 Å². The lowest BCUT2D eigenvalue weighted by Crippen LogP contribution is -2.40. The van der Waals surface area contributed by atoms with Crippen LogP contribution < -0.4 is 10.6 Å². The average Bonchev–Trinajstić information content (AvgIpc) is 2.42. The second kappa shape index (κ2) is 7.47. The maximum absolute atomic E-state index is 11.9. The fraction of sp³-hybridized carbons (Fsp3) is 0.375. The largest absolute Gasteiger partial charge is 0.444 e. The molecule has 2 amide bonds. The monoisotopic (exact) mass is 290 g/mol. The number of carbonyl (C=O) groups excluding carboxylic acids is 2. The minimum atomic E-state index is -0.574. The molecule has 114 valence electrons. The molecule has 0 saturated heterocycles. The molecule has 5 heteroatoms. The molecule has 21 heavy (non-hydrogen) atoms. The van der Waals surface area contributed by atoms with Gasteiger partial charge in [-0.25, -0.2) is 4.79 Å². The van der Waals surface area contributed by atoms with Gasteiger partial charge in [-0.2, -0.15) is 0 Å². The van der Waals surface area contributed by atoms with Crippen LogP contribution in [-0.4, -0.2) is 24.1 Å². The zero-order valence-corrected chi connectivity index (χ0v) is 12.7. The van der Waals surface area contributed by atoms with Crippen LogP contribution in [0.2, 0.25) is 0 Å². The van der Waals surface area contributed by atoms with Gasteiger partial charge in [0.25, 0.3) is 0 Å². The molecule has 0 aliphatic heterocycles. The normalized spacial score (nSPS) is 12.1. The topological polar surface area (TPSA) is 67.4 Å². The van der Waals surface area contributed by atoms with E-state index in [2.05, 4.69) is 17.2 Å². The van der Waals surface area contributed by atoms with Crippen LogP contribution in [0, 0.1) is 0 Å². The van der Waals surface area contributed by atoms with Crippen LogP contribution in [0.3, 0.4) is 0 Å². The highest BCUT2D eigenvalue weighted by atomic mass is 16.6. The first-order valence-corrected chi connectivity index (χ1v) is 6.76. The van der Waals surface area contributed by atoms with Crippen molar-refractivity contribution in [1.29, 1.82) is 0 Å². The van der Waals surface area contributed by atoms with Crippen molar-refractivity contribution >= 4 is 12.0 Å². The first kappa shape index (κ1) is 16.8. The van der Waals surface area contributed by atoms with Gasteiger partial charge in [-0.15, -0.1) is 0 Å². The lowest BCUT2D eigenvalue weighted by molar-refractivity contribution is -0.116. The van der Waals surface area contributed by atoms with Crippen LogP contribution in [0.4, 0.5) is 4.79 Å². The van der Waals surface area contributed by atoms with E-state index in [0.29, 0.717) is 0 Å². The fourth-order valence-corrected chi connectivity index (χ4v) is 1.66. The van der Waals surface area contributed by atoms with Crippen LogP contribution in [0.15, 0.2) is 43.0 Å². The van der Waals surface area contributed by atoms with Gasteiger partial charge in [0.05, 0.1) is 6.04 Å². The second-order valence-electron chi connectivity index (χ2n) is 5.56. The molecule has 1 aromatic rings. The van der Waals surface area contributed by atoms with Gasteiger partial charge >= 0.3 is 6.09 Å². The van der Waals surface area contributed by atoms with Gasteiger partial charge < -0.3 is 15.4 Å². The summed E-state index contributed by atoms with van der Waals surface area (Å²) < 4.78 is 5.24. The molecule has 2 N–H and O–H groups in total. The zero-order chi connectivity index (χ0) is 15.9. The summed E-state index contributed by atoms with van der Waals surface area (Å²) in [4.78, 5) is 23.2. The van der Waals surface area contributed by atoms with Crippen LogP contribution in [0.5, 0.6) is 0 Å². The van der Waals surface area contributed by atoms with Crippen LogP contribution >= 0.6 is 0 Å². The molecule has 0 heterocycles. The van der Waals surface area contributed by atoms with Crippen LogP contribution in [0.1, 0.15) is 32.4 Å². The third-order valence-electron chi connectivity index (χ3n) is 2.56. The molecule has 5 nitrogen and oxygen atoms in total. The Morgan fingerprint density at radius 1 is 1.29 bits per heavy atom. The minimum Gasteiger partial charge on any atom is -0.444 e. The van der Waals surface area contributed by atoms with Crippen molar-refractivity contribution in [2.75, 3.05) is 6.54 Å². The quantitative estimate of drug-likeness (QED) is 0.819. The molecule has 0 radical (unpaired) electrons. The van der Waals surface area contributed by atoms with E-state index in [4.69, 9.17) is 4.74 Å². The second-order valence-corrected chi connectivity index (χ2v) is 5.56. The Kier molecular flexibility index (Phi) is 5.96. The molecular weight excluding hydrogens is 268 g/mol. The fourth-order valence-electron chi connectivity index (χ4n) is 1.66. The lowest BCUT2D eigenvalue weighted by Gasteiger charge is -2.24. The molecule has 0 saturated carbocycles. The predicted molar refractivity (Wildman–Crippen MR) is 81.8 cm³/mol. The molecule has 0 fully saturated rings. The maximum atomic E-state index is 11.9. The van der Waals surface area contributed by atoms with E-state index in [-0.39, 0.29) is 18.5 Å². The van der Waals surface area contributed by atoms with Crippen molar-refractivity contribution in [3.8, 4) is 0 Å². The summed E-state index contributed by atoms with van der Waals surface area (Å²) in [6.45, 7) is 9.04. The van der Waals surface area contributed by atoms with Gasteiger partial charge in [-0.05, 0) is 32.4 Å². The molecule has 1 rings (SSSR count). The number of ether oxygens (including phenoxy) is 1. The zero-order valence-electron chi connectivity index (χ0n) is 12.7. The summed E-state index contributed by atoms with van der Waals surface area (Å²) in [7, 11) is 0. The van der Waals surface area contributed by atoms with E-state index >= 15 is 0 Å². The molecule has 0 bridgehead atoms. The number of hydrogen-bond donors (Lipinski definition) is 2. The molecule has 0 aliphatic rings. The maximum Gasteiger partial charge on any atom is 0.408 e. The Hall–Kier alpha value is -2.30. The van der Waals surface area contributed by atoms with Crippen LogP contribution in [-0.2, 0) is 9.53 Å². The molecule has 0 aromatic heterocycles. The van der Waals surface area contributed by atoms with E-state index in [1.807, 2.05) is 30.3 Å². The van der Waals surface area contributed by atoms with E-state index in [1.165, 1.54) is 6.08 Å². The summed E-state index contributed by atoms with van der Waals surface area (Å²) in [6, 6.07) is 9.01. The highest BCUT2D eigenvalue weighted by Crippen LogP contribution is 2.13. The summed E-state index contributed by atoms with van der Waals surface area (Å²) >= 11 is 0. The smallest absolute Gasteiger partial charge is 0.408 e. The molecular formula is C16H22N2O3. The molecule has 0 aliphatic carbocycles. The highest BCUT2D eigenvalue weighted by Gasteiger charge is 2.20. The molecule has 1 atom stereocenters. The number of alkyl carbamates (subject to hydrolysis) is 1. The number of nitrogens with one attached hydrogen (secondary N) is 2. The van der Waals surface area contributed by atoms with Crippen molar-refractivity contribution in [2.24, 2.45) is 0 Å². The van der Waals surface area contributed by atoms with Crippen LogP contribution in [0.25, 0.3) is 0 Å². The third kappa shape index (κ3) is 6.61. The summed E-state index contributed by atoms with van der Waals surface area (Å²) in [5, 5.41) is 5.43. The van der Waals surface area contributed by atoms with E-state index < -0.39 is 11.7 Å². The Morgan fingerprint density at radius 2 is 1.90 bits per heavy atom. The number of benzene rings is 1. The summed E-state index contributed by atoms with van der Waals surface area (Å²) in [6.07, 6.45) is 0.666. The van der Waals surface area contributed by atoms with Gasteiger partial charge in [0.2, 0.25) is 5.91 Å². The average molecular weight is 290 g/mol. The third-order valence-corrected chi connectivity index (χ3v) is 2.56. The van der Waals surface area contributed by atoms with Crippen molar-refractivity contribution in [2.45, 2.75) is 32.4 Å². The van der Waals surface area contributed by atoms with Crippen molar-refractivity contribution < 1.29 is 14.3 Å². The SMILES string of the molecule is C=CC(=O)NC[C@@H](NC(=O)OC(C)(C)C)c1ccccc1. The number of amides is 2. The van der Waals surface area contributed by atoms with Gasteiger partial charge in [0.15, 0.2) is 0 Å². The Morgan fingerprint density at radius 3 is 2.43 bits per heavy atom. The van der Waals surface area contributed by atoms with Crippen molar-refractivity contribution in [3.05, 3.63) is 48.6 Å². The number of rotatable bonds is 5. The Balaban J connectivity index is 2.75. The minimum absolute atomic E-state index is 0.258. The molecule has 1 aromatic carbocycles. The Labute approximate surface area is 125 Å². The number of carbonyl (C=O) groups is 2. The highest BCUT2D eigenvalue weighted by molar-refractivity contribution is 5.86. The predicted octanol–water partition coefficient (Wildman–Crippen LogP) is 2.55. The summed E-state index contributed by atoms with van der Waals surface area (Å²) in [5.74, 6) is -0.290. The lowest BCUT2D eigenvalue weighted by atomic mass is 10.1. The first-order valence-electron chi connectivity index (χ1n) is 6.76. The van der Waals surface area contributed by atoms with Gasteiger partial charge in [0, 0.05) is 6.54 Å². The summed E-state index contributed by atoms with van der Waals surface area (Å²) in [5.41, 5.74) is 0.308. The van der Waals surface area contributed by atoms with Gasteiger partial charge in [0.1, 0.15) is 5.60 Å². The Bertz CT molecular complexity index is 492. The van der Waals surface area contributed by atoms with E-state index in [9.17, 15) is 9.59 Å². The van der Waals surface area contributed by atoms with Crippen molar-refractivity contribution in [1.82, 2.24) is 10.6 Å². The molecule has 0 unspecified atom stereocenters. The number of hydrogen-bond acceptors (Lipinski definition) is 3. The molecule has 0 spiro atoms. The van der Waals surface area contributed by atoms with Crippen molar-refractivity contribution in [3.63, 3.8) is 0 Å². The first-order chi connectivity index (χ1) is 9.81. The van der Waals surface area contributed by atoms with Gasteiger partial charge in [-0.1, -0.05) is 36.9 Å².